The molecule has 0 aliphatic rings. The van der Waals surface area contributed by atoms with Crippen molar-refractivity contribution in [2.24, 2.45) is 5.73 Å². The van der Waals surface area contributed by atoms with E-state index in [9.17, 15) is 0 Å². The molecule has 0 aromatic carbocycles. The minimum absolute atomic E-state index is 0.241. The second-order valence-electron chi connectivity index (χ2n) is 4.48. The Balaban J connectivity index is 2.31. The summed E-state index contributed by atoms with van der Waals surface area (Å²) in [5.74, 6) is 0. The molecule has 98 valence electrons. The molecule has 1 aromatic rings. The number of hydrogen-bond acceptors (Lipinski definition) is 3. The molecular formula is C13H26N4. The molecule has 1 rings (SSSR count). The van der Waals surface area contributed by atoms with Crippen molar-refractivity contribution in [3.63, 3.8) is 0 Å². The Bertz CT molecular complexity index is 304. The normalized spacial score (nSPS) is 13.2. The number of nitrogens with two attached hydrogens (primary N) is 1. The van der Waals surface area contributed by atoms with Gasteiger partial charge in [-0.1, -0.05) is 13.8 Å². The van der Waals surface area contributed by atoms with Gasteiger partial charge in [0.25, 0.3) is 0 Å². The van der Waals surface area contributed by atoms with Crippen molar-refractivity contribution in [1.82, 2.24) is 14.7 Å². The molecule has 17 heavy (non-hydrogen) atoms. The molecule has 1 aromatic heterocycles. The van der Waals surface area contributed by atoms with Crippen LogP contribution in [0.4, 0.5) is 0 Å². The van der Waals surface area contributed by atoms with Gasteiger partial charge in [-0.15, -0.1) is 0 Å². The summed E-state index contributed by atoms with van der Waals surface area (Å²) in [6, 6.07) is 0.241. The fourth-order valence-corrected chi connectivity index (χ4v) is 1.98. The highest BCUT2D eigenvalue weighted by atomic mass is 15.3. The van der Waals surface area contributed by atoms with Crippen LogP contribution in [0.15, 0.2) is 12.4 Å². The molecule has 0 aliphatic heterocycles. The summed E-state index contributed by atoms with van der Waals surface area (Å²) < 4.78 is 1.95. The van der Waals surface area contributed by atoms with Gasteiger partial charge >= 0.3 is 0 Å². The average molecular weight is 238 g/mol. The van der Waals surface area contributed by atoms with E-state index in [2.05, 4.69) is 37.0 Å². The lowest BCUT2D eigenvalue weighted by Crippen LogP contribution is -2.31. The molecule has 4 nitrogen and oxygen atoms in total. The largest absolute Gasteiger partial charge is 0.327 e. The van der Waals surface area contributed by atoms with Crippen molar-refractivity contribution in [2.45, 2.75) is 46.2 Å². The first-order valence-electron chi connectivity index (χ1n) is 6.68. The molecule has 0 amide bonds. The molecule has 0 saturated heterocycles. The highest BCUT2D eigenvalue weighted by molar-refractivity contribution is 5.05. The predicted molar refractivity (Wildman–Crippen MR) is 72.0 cm³/mol. The van der Waals surface area contributed by atoms with Crippen molar-refractivity contribution >= 4 is 0 Å². The first-order chi connectivity index (χ1) is 8.19. The van der Waals surface area contributed by atoms with Gasteiger partial charge in [0.05, 0.1) is 6.20 Å². The molecule has 0 aliphatic carbocycles. The van der Waals surface area contributed by atoms with Gasteiger partial charge in [-0.3, -0.25) is 4.68 Å². The van der Waals surface area contributed by atoms with Crippen LogP contribution in [0.2, 0.25) is 0 Å². The van der Waals surface area contributed by atoms with Crippen LogP contribution in [0, 0.1) is 0 Å². The van der Waals surface area contributed by atoms with Gasteiger partial charge in [0, 0.05) is 18.8 Å². The fourth-order valence-electron chi connectivity index (χ4n) is 1.98. The summed E-state index contributed by atoms with van der Waals surface area (Å²) in [7, 11) is 0. The predicted octanol–water partition coefficient (Wildman–Crippen LogP) is 1.50. The van der Waals surface area contributed by atoms with Gasteiger partial charge < -0.3 is 10.6 Å². The van der Waals surface area contributed by atoms with E-state index < -0.39 is 0 Å². The van der Waals surface area contributed by atoms with E-state index >= 15 is 0 Å². The molecule has 0 saturated carbocycles. The fraction of sp³-hybridized carbons (Fsp3) is 0.769. The van der Waals surface area contributed by atoms with Crippen molar-refractivity contribution in [2.75, 3.05) is 19.6 Å². The summed E-state index contributed by atoms with van der Waals surface area (Å²) in [5, 5.41) is 4.27. The van der Waals surface area contributed by atoms with E-state index in [1.807, 2.05) is 10.9 Å². The number of rotatable bonds is 8. The summed E-state index contributed by atoms with van der Waals surface area (Å²) in [4.78, 5) is 2.41. The summed E-state index contributed by atoms with van der Waals surface area (Å²) in [5.41, 5.74) is 7.40. The minimum Gasteiger partial charge on any atom is -0.327 e. The quantitative estimate of drug-likeness (QED) is 0.746. The molecule has 1 atom stereocenters. The highest BCUT2D eigenvalue weighted by Gasteiger charge is 2.08. The number of aromatic nitrogens is 2. The van der Waals surface area contributed by atoms with Crippen LogP contribution in [-0.4, -0.2) is 40.4 Å². The topological polar surface area (TPSA) is 47.1 Å². The van der Waals surface area contributed by atoms with Crippen LogP contribution >= 0.6 is 0 Å². The lowest BCUT2D eigenvalue weighted by Gasteiger charge is -2.20. The summed E-state index contributed by atoms with van der Waals surface area (Å²) >= 11 is 0. The Morgan fingerprint density at radius 1 is 1.35 bits per heavy atom. The van der Waals surface area contributed by atoms with Crippen LogP contribution in [0.5, 0.6) is 0 Å². The van der Waals surface area contributed by atoms with Gasteiger partial charge in [0.2, 0.25) is 0 Å². The first kappa shape index (κ1) is 14.2. The zero-order valence-corrected chi connectivity index (χ0v) is 11.4. The van der Waals surface area contributed by atoms with Gasteiger partial charge in [0.1, 0.15) is 0 Å². The standard InChI is InChI=1S/C13H26N4/c1-4-16(5-2)8-7-13(14)9-12-10-15-17(6-3)11-12/h10-11,13H,4-9,14H2,1-3H3. The van der Waals surface area contributed by atoms with Gasteiger partial charge in [-0.05, 0) is 45.0 Å². The average Bonchev–Trinajstić information content (AvgIpc) is 2.78. The van der Waals surface area contributed by atoms with Crippen LogP contribution < -0.4 is 5.73 Å². The Morgan fingerprint density at radius 2 is 2.06 bits per heavy atom. The lowest BCUT2D eigenvalue weighted by atomic mass is 10.1. The molecule has 1 heterocycles. The van der Waals surface area contributed by atoms with Crippen LogP contribution in [-0.2, 0) is 13.0 Å². The third-order valence-electron chi connectivity index (χ3n) is 3.22. The molecule has 0 radical (unpaired) electrons. The Morgan fingerprint density at radius 3 is 2.59 bits per heavy atom. The van der Waals surface area contributed by atoms with Crippen molar-refractivity contribution < 1.29 is 0 Å². The molecule has 4 heteroatoms. The molecule has 0 fully saturated rings. The van der Waals surface area contributed by atoms with E-state index in [4.69, 9.17) is 5.73 Å². The van der Waals surface area contributed by atoms with Gasteiger partial charge in [-0.2, -0.15) is 5.10 Å². The zero-order chi connectivity index (χ0) is 12.7. The lowest BCUT2D eigenvalue weighted by molar-refractivity contribution is 0.290. The molecule has 2 N–H and O–H groups in total. The molecule has 0 spiro atoms. The maximum absolute atomic E-state index is 6.15. The third kappa shape index (κ3) is 4.88. The molecule has 1 unspecified atom stereocenters. The summed E-state index contributed by atoms with van der Waals surface area (Å²) in [6.45, 7) is 10.7. The zero-order valence-electron chi connectivity index (χ0n) is 11.4. The van der Waals surface area contributed by atoms with Crippen LogP contribution in [0.1, 0.15) is 32.8 Å². The highest BCUT2D eigenvalue weighted by Crippen LogP contribution is 2.04. The Labute approximate surface area is 105 Å². The summed E-state index contributed by atoms with van der Waals surface area (Å²) in [6.07, 6.45) is 6.01. The third-order valence-corrected chi connectivity index (χ3v) is 3.22. The molecular weight excluding hydrogens is 212 g/mol. The smallest absolute Gasteiger partial charge is 0.0522 e. The van der Waals surface area contributed by atoms with Crippen molar-refractivity contribution in [3.8, 4) is 0 Å². The van der Waals surface area contributed by atoms with E-state index in [0.717, 1.165) is 39.0 Å². The monoisotopic (exact) mass is 238 g/mol. The van der Waals surface area contributed by atoms with E-state index in [0.29, 0.717) is 0 Å². The first-order valence-corrected chi connectivity index (χ1v) is 6.68. The maximum atomic E-state index is 6.15. The Kier molecular flexibility index (Phi) is 6.22. The van der Waals surface area contributed by atoms with E-state index in [1.54, 1.807) is 0 Å². The second kappa shape index (κ2) is 7.45. The SMILES string of the molecule is CCN(CC)CCC(N)Cc1cnn(CC)c1. The number of nitrogens with zero attached hydrogens (tertiary/aromatic N) is 3. The van der Waals surface area contributed by atoms with Crippen LogP contribution in [0.3, 0.4) is 0 Å². The maximum Gasteiger partial charge on any atom is 0.0522 e. The Hall–Kier alpha value is -0.870. The minimum atomic E-state index is 0.241. The van der Waals surface area contributed by atoms with Crippen molar-refractivity contribution in [1.29, 1.82) is 0 Å². The van der Waals surface area contributed by atoms with Crippen molar-refractivity contribution in [3.05, 3.63) is 18.0 Å². The molecule has 0 bridgehead atoms. The van der Waals surface area contributed by atoms with Gasteiger partial charge in [0.15, 0.2) is 0 Å². The van der Waals surface area contributed by atoms with E-state index in [-0.39, 0.29) is 6.04 Å². The van der Waals surface area contributed by atoms with E-state index in [1.165, 1.54) is 5.56 Å². The number of aryl methyl sites for hydroxylation is 1. The number of hydrogen-bond donors (Lipinski definition) is 1. The van der Waals surface area contributed by atoms with Crippen LogP contribution in [0.25, 0.3) is 0 Å². The van der Waals surface area contributed by atoms with Gasteiger partial charge in [-0.25, -0.2) is 0 Å². The second-order valence-corrected chi connectivity index (χ2v) is 4.48.